The van der Waals surface area contributed by atoms with Crippen molar-refractivity contribution in [3.63, 3.8) is 0 Å². The third-order valence-electron chi connectivity index (χ3n) is 9.01. The number of nitrogens with zero attached hydrogens (tertiary/aromatic N) is 3. The number of fused-ring (bicyclic) bond motifs is 2. The first-order valence-electron chi connectivity index (χ1n) is 16.0. The number of hydrogen-bond donors (Lipinski definition) is 1. The first-order chi connectivity index (χ1) is 22.1. The van der Waals surface area contributed by atoms with Crippen molar-refractivity contribution in [1.82, 2.24) is 14.5 Å². The maximum absolute atomic E-state index is 11.1. The van der Waals surface area contributed by atoms with Gasteiger partial charge in [-0.1, -0.05) is 99.6 Å². The van der Waals surface area contributed by atoms with Crippen LogP contribution in [0.2, 0.25) is 0 Å². The fourth-order valence-electron chi connectivity index (χ4n) is 6.62. The normalized spacial score (nSPS) is 12.0. The van der Waals surface area contributed by atoms with E-state index in [-0.39, 0.29) is 17.2 Å². The summed E-state index contributed by atoms with van der Waals surface area (Å²) in [4.78, 5) is 10.2. The SMILES string of the molecule is Cc1ccnc2c(-c3cccc(-c4cccc5c4nc(-c4cc(C(C)(C)C)ccc4O)n5C(C)C)c3)ccc(-c3ccccc3)c12. The second-order valence-corrected chi connectivity index (χ2v) is 13.5. The van der Waals surface area contributed by atoms with E-state index in [0.29, 0.717) is 0 Å². The summed E-state index contributed by atoms with van der Waals surface area (Å²) in [5.41, 5.74) is 12.8. The van der Waals surface area contributed by atoms with Gasteiger partial charge in [0, 0.05) is 28.8 Å². The van der Waals surface area contributed by atoms with Gasteiger partial charge in [-0.05, 0) is 89.9 Å². The Morgan fingerprint density at radius 2 is 1.33 bits per heavy atom. The van der Waals surface area contributed by atoms with Gasteiger partial charge in [-0.2, -0.15) is 0 Å². The Balaban J connectivity index is 1.41. The molecule has 4 heteroatoms. The molecule has 0 atom stereocenters. The summed E-state index contributed by atoms with van der Waals surface area (Å²) in [6.45, 7) is 13.1. The highest BCUT2D eigenvalue weighted by Crippen LogP contribution is 2.41. The topological polar surface area (TPSA) is 50.9 Å². The van der Waals surface area contributed by atoms with E-state index in [9.17, 15) is 5.11 Å². The molecule has 0 amide bonds. The minimum Gasteiger partial charge on any atom is -0.507 e. The highest BCUT2D eigenvalue weighted by atomic mass is 16.3. The zero-order valence-electron chi connectivity index (χ0n) is 27.3. The molecule has 2 aromatic heterocycles. The third-order valence-corrected chi connectivity index (χ3v) is 9.01. The van der Waals surface area contributed by atoms with E-state index in [4.69, 9.17) is 9.97 Å². The zero-order valence-corrected chi connectivity index (χ0v) is 27.3. The quantitative estimate of drug-likeness (QED) is 0.213. The van der Waals surface area contributed by atoms with Crippen LogP contribution in [0.5, 0.6) is 5.75 Å². The lowest BCUT2D eigenvalue weighted by molar-refractivity contribution is 0.474. The second kappa shape index (κ2) is 11.3. The number of hydrogen-bond acceptors (Lipinski definition) is 3. The van der Waals surface area contributed by atoms with Crippen LogP contribution >= 0.6 is 0 Å². The van der Waals surface area contributed by atoms with E-state index in [2.05, 4.69) is 143 Å². The Morgan fingerprint density at radius 1 is 0.652 bits per heavy atom. The summed E-state index contributed by atoms with van der Waals surface area (Å²) in [7, 11) is 0. The Hall–Kier alpha value is -5.22. The van der Waals surface area contributed by atoms with Gasteiger partial charge >= 0.3 is 0 Å². The summed E-state index contributed by atoms with van der Waals surface area (Å²) in [5.74, 6) is 1.02. The number of aryl methyl sites for hydroxylation is 1. The van der Waals surface area contributed by atoms with Crippen molar-refractivity contribution < 1.29 is 5.11 Å². The van der Waals surface area contributed by atoms with Crippen molar-refractivity contribution in [3.05, 3.63) is 127 Å². The summed E-state index contributed by atoms with van der Waals surface area (Å²) >= 11 is 0. The molecule has 0 aliphatic heterocycles. The average molecular weight is 602 g/mol. The Kier molecular flexibility index (Phi) is 7.24. The predicted molar refractivity (Wildman–Crippen MR) is 192 cm³/mol. The zero-order chi connectivity index (χ0) is 32.2. The van der Waals surface area contributed by atoms with Crippen LogP contribution in [0.3, 0.4) is 0 Å². The molecule has 0 unspecified atom stereocenters. The number of phenolic OH excluding ortho intramolecular Hbond substituents is 1. The van der Waals surface area contributed by atoms with Crippen LogP contribution in [0.1, 0.15) is 51.8 Å². The molecule has 0 fully saturated rings. The maximum Gasteiger partial charge on any atom is 0.145 e. The van der Waals surface area contributed by atoms with Gasteiger partial charge in [0.15, 0.2) is 0 Å². The molecule has 2 heterocycles. The van der Waals surface area contributed by atoms with Gasteiger partial charge in [-0.25, -0.2) is 4.98 Å². The Morgan fingerprint density at radius 3 is 2.04 bits per heavy atom. The standard InChI is InChI=1S/C42H39N3O/c1-26(2)45-36-17-11-16-33(39(36)44-41(45)35-25-31(42(4,5)6)18-21-37(35)46)29-14-10-15-30(24-29)34-20-19-32(28-12-8-7-9-13-28)38-27(3)22-23-43-40(34)38/h7-26,46H,1-6H3. The van der Waals surface area contributed by atoms with Crippen molar-refractivity contribution >= 4 is 21.9 Å². The van der Waals surface area contributed by atoms with Crippen molar-refractivity contribution in [2.75, 3.05) is 0 Å². The molecule has 0 saturated heterocycles. The average Bonchev–Trinajstić information content (AvgIpc) is 3.44. The smallest absolute Gasteiger partial charge is 0.145 e. The van der Waals surface area contributed by atoms with Crippen LogP contribution in [0.4, 0.5) is 0 Å². The molecule has 228 valence electrons. The molecule has 0 aliphatic rings. The molecule has 0 aliphatic carbocycles. The lowest BCUT2D eigenvalue weighted by atomic mass is 9.86. The van der Waals surface area contributed by atoms with Gasteiger partial charge < -0.3 is 9.67 Å². The minimum absolute atomic E-state index is 0.0560. The third kappa shape index (κ3) is 5.04. The molecular formula is C42H39N3O. The lowest BCUT2D eigenvalue weighted by Crippen LogP contribution is -2.11. The summed E-state index contributed by atoms with van der Waals surface area (Å²) < 4.78 is 2.24. The van der Waals surface area contributed by atoms with Gasteiger partial charge in [0.1, 0.15) is 11.6 Å². The first-order valence-corrected chi connectivity index (χ1v) is 16.0. The lowest BCUT2D eigenvalue weighted by Gasteiger charge is -2.21. The molecule has 4 nitrogen and oxygen atoms in total. The van der Waals surface area contributed by atoms with Crippen LogP contribution in [-0.4, -0.2) is 19.6 Å². The molecule has 0 saturated carbocycles. The van der Waals surface area contributed by atoms with E-state index in [1.807, 2.05) is 12.3 Å². The molecule has 7 aromatic rings. The van der Waals surface area contributed by atoms with Crippen LogP contribution in [-0.2, 0) is 5.41 Å². The van der Waals surface area contributed by atoms with E-state index >= 15 is 0 Å². The van der Waals surface area contributed by atoms with Gasteiger partial charge in [0.25, 0.3) is 0 Å². The number of imidazole rings is 1. The number of pyridine rings is 1. The minimum atomic E-state index is -0.0560. The fraction of sp³-hybridized carbons (Fsp3) is 0.190. The number of aromatic hydroxyl groups is 1. The molecule has 7 rings (SSSR count). The maximum atomic E-state index is 11.1. The molecule has 0 bridgehead atoms. The number of rotatable bonds is 5. The van der Waals surface area contributed by atoms with Gasteiger partial charge in [0.05, 0.1) is 22.1 Å². The van der Waals surface area contributed by atoms with Crippen molar-refractivity contribution in [2.24, 2.45) is 0 Å². The van der Waals surface area contributed by atoms with E-state index in [0.717, 1.165) is 55.8 Å². The summed E-state index contributed by atoms with van der Waals surface area (Å²) in [6.07, 6.45) is 1.91. The van der Waals surface area contributed by atoms with Crippen molar-refractivity contribution in [2.45, 2.75) is 53.0 Å². The van der Waals surface area contributed by atoms with Gasteiger partial charge in [0.2, 0.25) is 0 Å². The molecule has 0 radical (unpaired) electrons. The largest absolute Gasteiger partial charge is 0.507 e. The Bertz CT molecular complexity index is 2240. The predicted octanol–water partition coefficient (Wildman–Crippen LogP) is 11.1. The highest BCUT2D eigenvalue weighted by molar-refractivity contribution is 6.05. The molecule has 5 aromatic carbocycles. The van der Waals surface area contributed by atoms with Crippen LogP contribution < -0.4 is 0 Å². The van der Waals surface area contributed by atoms with Crippen LogP contribution in [0, 0.1) is 6.92 Å². The van der Waals surface area contributed by atoms with Crippen molar-refractivity contribution in [1.29, 1.82) is 0 Å². The molecule has 46 heavy (non-hydrogen) atoms. The summed E-state index contributed by atoms with van der Waals surface area (Å²) in [5, 5.41) is 12.3. The van der Waals surface area contributed by atoms with Crippen LogP contribution in [0.15, 0.2) is 115 Å². The Labute approximate surface area is 271 Å². The first kappa shape index (κ1) is 29.5. The molecule has 0 spiro atoms. The summed E-state index contributed by atoms with van der Waals surface area (Å²) in [6, 6.07) is 38.2. The molecule has 1 N–H and O–H groups in total. The van der Waals surface area contributed by atoms with E-state index < -0.39 is 0 Å². The van der Waals surface area contributed by atoms with Gasteiger partial charge in [-0.3, -0.25) is 4.98 Å². The fourth-order valence-corrected chi connectivity index (χ4v) is 6.62. The van der Waals surface area contributed by atoms with E-state index in [1.54, 1.807) is 6.07 Å². The van der Waals surface area contributed by atoms with Gasteiger partial charge in [-0.15, -0.1) is 0 Å². The second-order valence-electron chi connectivity index (χ2n) is 13.5. The molecular weight excluding hydrogens is 562 g/mol. The number of para-hydroxylation sites is 1. The van der Waals surface area contributed by atoms with E-state index in [1.165, 1.54) is 22.1 Å². The monoisotopic (exact) mass is 601 g/mol. The van der Waals surface area contributed by atoms with Crippen molar-refractivity contribution in [3.8, 4) is 50.5 Å². The highest BCUT2D eigenvalue weighted by Gasteiger charge is 2.23. The number of benzene rings is 5. The number of aromatic nitrogens is 3. The van der Waals surface area contributed by atoms with Crippen LogP contribution in [0.25, 0.3) is 66.7 Å². The number of phenols is 1.